The van der Waals surface area contributed by atoms with Crippen molar-refractivity contribution in [3.8, 4) is 0 Å². The van der Waals surface area contributed by atoms with E-state index in [0.29, 0.717) is 0 Å². The third-order valence-corrected chi connectivity index (χ3v) is 7.82. The van der Waals surface area contributed by atoms with Crippen molar-refractivity contribution in [2.45, 2.75) is 25.9 Å². The zero-order valence-electron chi connectivity index (χ0n) is 8.80. The van der Waals surface area contributed by atoms with E-state index in [4.69, 9.17) is 0 Å². The van der Waals surface area contributed by atoms with Gasteiger partial charge in [-0.05, 0) is 24.3 Å². The summed E-state index contributed by atoms with van der Waals surface area (Å²) >= 11 is 0. The van der Waals surface area contributed by atoms with Crippen molar-refractivity contribution in [3.05, 3.63) is 30.3 Å². The number of hydrogen-bond acceptors (Lipinski definition) is 1. The quantitative estimate of drug-likeness (QED) is 0.722. The van der Waals surface area contributed by atoms with Gasteiger partial charge in [0.25, 0.3) is 0 Å². The largest absolute Gasteiger partial charge is 0.336 e. The van der Waals surface area contributed by atoms with Crippen molar-refractivity contribution >= 4 is 13.4 Å². The van der Waals surface area contributed by atoms with E-state index in [-0.39, 0.29) is 0 Å². The maximum atomic E-state index is 3.57. The highest BCUT2D eigenvalue weighted by atomic mass is 28.3. The predicted octanol–water partition coefficient (Wildman–Crippen LogP) is 2.10. The molecule has 0 aromatic heterocycles. The average Bonchev–Trinajstić information content (AvgIpc) is 2.23. The fourth-order valence-corrected chi connectivity index (χ4v) is 5.06. The predicted molar refractivity (Wildman–Crippen MR) is 61.9 cm³/mol. The summed E-state index contributed by atoms with van der Waals surface area (Å²) in [6, 6.07) is 13.4. The van der Waals surface area contributed by atoms with Crippen LogP contribution >= 0.6 is 0 Å². The Bertz CT molecular complexity index is 233. The van der Waals surface area contributed by atoms with Crippen LogP contribution in [-0.4, -0.2) is 15.3 Å². The van der Waals surface area contributed by atoms with Crippen molar-refractivity contribution in [1.29, 1.82) is 0 Å². The topological polar surface area (TPSA) is 12.0 Å². The zero-order chi connectivity index (χ0) is 9.73. The molecule has 0 heterocycles. The Morgan fingerprint density at radius 1 is 1.08 bits per heavy atom. The van der Waals surface area contributed by atoms with Gasteiger partial charge in [0, 0.05) is 0 Å². The first-order valence-corrected chi connectivity index (χ1v) is 7.45. The SMILES string of the molecule is CC[Si](CC)(NC)c1ccccc1. The van der Waals surface area contributed by atoms with Gasteiger partial charge in [0.05, 0.1) is 0 Å². The third-order valence-electron chi connectivity index (χ3n) is 3.01. The lowest BCUT2D eigenvalue weighted by Crippen LogP contribution is -2.57. The molecule has 0 aliphatic heterocycles. The second kappa shape index (κ2) is 4.58. The highest BCUT2D eigenvalue weighted by Gasteiger charge is 2.28. The monoisotopic (exact) mass is 193 g/mol. The maximum absolute atomic E-state index is 3.57. The number of rotatable bonds is 4. The van der Waals surface area contributed by atoms with Crippen LogP contribution in [0, 0.1) is 0 Å². The first kappa shape index (κ1) is 10.5. The van der Waals surface area contributed by atoms with Crippen LogP contribution < -0.4 is 10.2 Å². The van der Waals surface area contributed by atoms with Gasteiger partial charge in [-0.15, -0.1) is 0 Å². The molecule has 0 saturated heterocycles. The van der Waals surface area contributed by atoms with Gasteiger partial charge in [-0.25, -0.2) is 0 Å². The molecular formula is C11H19NSi. The Balaban J connectivity index is 3.01. The molecule has 0 aliphatic carbocycles. The minimum absolute atomic E-state index is 1.27. The summed E-state index contributed by atoms with van der Waals surface area (Å²) in [5.41, 5.74) is 0. The van der Waals surface area contributed by atoms with Crippen molar-refractivity contribution < 1.29 is 0 Å². The Morgan fingerprint density at radius 2 is 1.62 bits per heavy atom. The van der Waals surface area contributed by atoms with Crippen LogP contribution in [0.3, 0.4) is 0 Å². The van der Waals surface area contributed by atoms with Crippen LogP contribution in [0.25, 0.3) is 0 Å². The molecule has 13 heavy (non-hydrogen) atoms. The van der Waals surface area contributed by atoms with Crippen molar-refractivity contribution in [2.24, 2.45) is 0 Å². The molecule has 72 valence electrons. The van der Waals surface area contributed by atoms with Gasteiger partial charge >= 0.3 is 0 Å². The standard InChI is InChI=1S/C11H19NSi/c1-4-13(5-2,12-3)11-9-7-6-8-10-11/h6-10,12H,4-5H2,1-3H3. The molecule has 0 saturated carbocycles. The molecule has 0 spiro atoms. The molecule has 1 rings (SSSR count). The summed E-state index contributed by atoms with van der Waals surface area (Å²) in [6.07, 6.45) is 0. The lowest BCUT2D eigenvalue weighted by atomic mass is 10.4. The molecular weight excluding hydrogens is 174 g/mol. The van der Waals surface area contributed by atoms with E-state index in [1.807, 2.05) is 0 Å². The fourth-order valence-electron chi connectivity index (χ4n) is 1.91. The Labute approximate surface area is 82.3 Å². The van der Waals surface area contributed by atoms with E-state index >= 15 is 0 Å². The summed E-state index contributed by atoms with van der Waals surface area (Å²) in [4.78, 5) is 3.57. The first-order valence-electron chi connectivity index (χ1n) is 5.03. The van der Waals surface area contributed by atoms with E-state index in [0.717, 1.165) is 0 Å². The van der Waals surface area contributed by atoms with Crippen LogP contribution in [0.1, 0.15) is 13.8 Å². The van der Waals surface area contributed by atoms with Crippen LogP contribution in [0.4, 0.5) is 0 Å². The summed E-state index contributed by atoms with van der Waals surface area (Å²) in [5, 5.41) is 1.53. The molecule has 1 N–H and O–H groups in total. The van der Waals surface area contributed by atoms with Crippen LogP contribution in [0.5, 0.6) is 0 Å². The molecule has 0 bridgehead atoms. The summed E-state index contributed by atoms with van der Waals surface area (Å²) in [7, 11) is 0.760. The van der Waals surface area contributed by atoms with Crippen LogP contribution in [-0.2, 0) is 0 Å². The van der Waals surface area contributed by atoms with Gasteiger partial charge in [-0.2, -0.15) is 0 Å². The van der Waals surface area contributed by atoms with Crippen molar-refractivity contribution in [1.82, 2.24) is 4.98 Å². The highest BCUT2D eigenvalue weighted by molar-refractivity contribution is 6.89. The third kappa shape index (κ3) is 2.01. The van der Waals surface area contributed by atoms with Crippen LogP contribution in [0.2, 0.25) is 12.1 Å². The molecule has 1 aromatic carbocycles. The van der Waals surface area contributed by atoms with Crippen LogP contribution in [0.15, 0.2) is 30.3 Å². The molecule has 0 amide bonds. The second-order valence-electron chi connectivity index (χ2n) is 3.41. The van der Waals surface area contributed by atoms with Gasteiger partial charge in [0.1, 0.15) is 0 Å². The lowest BCUT2D eigenvalue weighted by Gasteiger charge is -2.28. The number of hydrogen-bond donors (Lipinski definition) is 1. The van der Waals surface area contributed by atoms with E-state index in [9.17, 15) is 0 Å². The van der Waals surface area contributed by atoms with Gasteiger partial charge in [0.2, 0.25) is 0 Å². The molecule has 0 aliphatic rings. The molecule has 0 fully saturated rings. The normalized spacial score (nSPS) is 11.6. The maximum Gasteiger partial charge on any atom is 0.156 e. The number of nitrogens with one attached hydrogen (secondary N) is 1. The molecule has 2 heteroatoms. The Kier molecular flexibility index (Phi) is 3.69. The lowest BCUT2D eigenvalue weighted by molar-refractivity contribution is 1.08. The highest BCUT2D eigenvalue weighted by Crippen LogP contribution is 2.10. The van der Waals surface area contributed by atoms with Gasteiger partial charge in [0.15, 0.2) is 8.24 Å². The van der Waals surface area contributed by atoms with Crippen molar-refractivity contribution in [2.75, 3.05) is 7.05 Å². The second-order valence-corrected chi connectivity index (χ2v) is 8.06. The van der Waals surface area contributed by atoms with Crippen molar-refractivity contribution in [3.63, 3.8) is 0 Å². The van der Waals surface area contributed by atoms with E-state index in [2.05, 4.69) is 56.2 Å². The molecule has 0 unspecified atom stereocenters. The molecule has 0 atom stereocenters. The molecule has 1 nitrogen and oxygen atoms in total. The Morgan fingerprint density at radius 3 is 2.00 bits per heavy atom. The van der Waals surface area contributed by atoms with E-state index in [1.54, 1.807) is 0 Å². The summed E-state index contributed by atoms with van der Waals surface area (Å²) in [6.45, 7) is 4.58. The minimum Gasteiger partial charge on any atom is -0.336 e. The van der Waals surface area contributed by atoms with E-state index < -0.39 is 8.24 Å². The Hall–Kier alpha value is -0.603. The van der Waals surface area contributed by atoms with E-state index in [1.165, 1.54) is 17.3 Å². The summed E-state index contributed by atoms with van der Waals surface area (Å²) < 4.78 is 0. The fraction of sp³-hybridized carbons (Fsp3) is 0.455. The summed E-state index contributed by atoms with van der Waals surface area (Å²) in [5.74, 6) is 0. The zero-order valence-corrected chi connectivity index (χ0v) is 9.80. The van der Waals surface area contributed by atoms with Gasteiger partial charge in [-0.3, -0.25) is 0 Å². The van der Waals surface area contributed by atoms with Gasteiger partial charge in [-0.1, -0.05) is 44.2 Å². The molecule has 1 aromatic rings. The number of benzene rings is 1. The smallest absolute Gasteiger partial charge is 0.156 e. The molecule has 0 radical (unpaired) electrons. The first-order chi connectivity index (χ1) is 6.29. The van der Waals surface area contributed by atoms with Gasteiger partial charge < -0.3 is 4.98 Å². The average molecular weight is 193 g/mol. The minimum atomic E-state index is -1.34.